The van der Waals surface area contributed by atoms with Crippen LogP contribution in [0, 0.1) is 5.92 Å². The number of carbonyl (C=O) groups excluding carboxylic acids is 3. The summed E-state index contributed by atoms with van der Waals surface area (Å²) in [5, 5.41) is 2.27. The van der Waals surface area contributed by atoms with Crippen molar-refractivity contribution in [3.63, 3.8) is 0 Å². The van der Waals surface area contributed by atoms with Crippen LogP contribution in [0.15, 0.2) is 35.3 Å². The fourth-order valence-electron chi connectivity index (χ4n) is 2.71. The highest BCUT2D eigenvalue weighted by Crippen LogP contribution is 2.22. The van der Waals surface area contributed by atoms with E-state index in [4.69, 9.17) is 0 Å². The quantitative estimate of drug-likeness (QED) is 0.464. The first kappa shape index (κ1) is 18.8. The predicted octanol–water partition coefficient (Wildman–Crippen LogP) is 1.69. The summed E-state index contributed by atoms with van der Waals surface area (Å²) in [4.78, 5) is 44.8. The molecule has 1 saturated heterocycles. The number of carbonyl (C=O) groups is 3. The number of nitrogens with one attached hydrogen (secondary N) is 1. The zero-order chi connectivity index (χ0) is 18.4. The molecular weight excluding hydrogens is 320 g/mol. The van der Waals surface area contributed by atoms with Crippen molar-refractivity contribution >= 4 is 29.2 Å². The molecular formula is C18H24N4O3. The van der Waals surface area contributed by atoms with Crippen molar-refractivity contribution in [3.05, 3.63) is 30.3 Å². The van der Waals surface area contributed by atoms with Gasteiger partial charge in [-0.2, -0.15) is 0 Å². The van der Waals surface area contributed by atoms with Gasteiger partial charge in [-0.15, -0.1) is 0 Å². The van der Waals surface area contributed by atoms with E-state index in [1.54, 1.807) is 30.3 Å². The molecule has 25 heavy (non-hydrogen) atoms. The van der Waals surface area contributed by atoms with Crippen molar-refractivity contribution in [1.29, 1.82) is 0 Å². The van der Waals surface area contributed by atoms with Gasteiger partial charge in [0.05, 0.1) is 5.69 Å². The lowest BCUT2D eigenvalue weighted by Crippen LogP contribution is -2.60. The van der Waals surface area contributed by atoms with Gasteiger partial charge in [0.1, 0.15) is 0 Å². The Bertz CT molecular complexity index is 670. The van der Waals surface area contributed by atoms with Crippen LogP contribution >= 0.6 is 0 Å². The van der Waals surface area contributed by atoms with Gasteiger partial charge in [-0.1, -0.05) is 25.1 Å². The topological polar surface area (TPSA) is 82.1 Å². The molecule has 7 heteroatoms. The summed E-state index contributed by atoms with van der Waals surface area (Å²) in [7, 11) is 3.96. The summed E-state index contributed by atoms with van der Waals surface area (Å²) in [5.41, 5.74) is 0.945. The molecule has 0 aliphatic carbocycles. The Balaban J connectivity index is 2.22. The molecule has 1 unspecified atom stereocenters. The number of aliphatic imine (C=N–C) groups is 1. The predicted molar refractivity (Wildman–Crippen MR) is 96.7 cm³/mol. The normalized spacial score (nSPS) is 18.7. The molecule has 7 nitrogen and oxygen atoms in total. The smallest absolute Gasteiger partial charge is 0.309 e. The number of nitrogens with zero attached hydrogens (tertiary/aromatic N) is 3. The van der Waals surface area contributed by atoms with Gasteiger partial charge in [0.25, 0.3) is 5.91 Å². The van der Waals surface area contributed by atoms with Crippen LogP contribution in [-0.2, 0) is 9.59 Å². The number of urea groups is 1. The van der Waals surface area contributed by atoms with Gasteiger partial charge in [0, 0.05) is 12.3 Å². The third-order valence-electron chi connectivity index (χ3n) is 3.95. The van der Waals surface area contributed by atoms with E-state index in [9.17, 15) is 14.4 Å². The molecule has 1 aromatic rings. The highest BCUT2D eigenvalue weighted by atomic mass is 16.2. The lowest BCUT2D eigenvalue weighted by Gasteiger charge is -2.30. The second-order valence-corrected chi connectivity index (χ2v) is 6.12. The second-order valence-electron chi connectivity index (χ2n) is 6.12. The number of anilines is 1. The Morgan fingerprint density at radius 3 is 2.48 bits per heavy atom. The van der Waals surface area contributed by atoms with Gasteiger partial charge >= 0.3 is 6.03 Å². The fourth-order valence-corrected chi connectivity index (χ4v) is 2.71. The van der Waals surface area contributed by atoms with Crippen LogP contribution in [0.25, 0.3) is 0 Å². The van der Waals surface area contributed by atoms with Gasteiger partial charge in [0.2, 0.25) is 5.91 Å². The molecule has 0 aromatic heterocycles. The number of hydrogen-bond donors (Lipinski definition) is 1. The molecule has 134 valence electrons. The SMILES string of the molecule is CCC(=NCCCN(C)C)C1C(=O)NC(=O)N(c2ccccc2)C1=O. The Hall–Kier alpha value is -2.54. The van der Waals surface area contributed by atoms with Gasteiger partial charge < -0.3 is 4.90 Å². The summed E-state index contributed by atoms with van der Waals surface area (Å²) in [6, 6.07) is 7.85. The minimum absolute atomic E-state index is 0.436. The van der Waals surface area contributed by atoms with E-state index < -0.39 is 23.8 Å². The van der Waals surface area contributed by atoms with Crippen LogP contribution in [-0.4, -0.2) is 55.6 Å². The Kier molecular flexibility index (Phi) is 6.41. The molecule has 1 aromatic carbocycles. The van der Waals surface area contributed by atoms with Crippen molar-refractivity contribution in [1.82, 2.24) is 10.2 Å². The monoisotopic (exact) mass is 344 g/mol. The molecule has 1 atom stereocenters. The lowest BCUT2D eigenvalue weighted by molar-refractivity contribution is -0.131. The summed E-state index contributed by atoms with van der Waals surface area (Å²) < 4.78 is 0. The van der Waals surface area contributed by atoms with Crippen LogP contribution in [0.5, 0.6) is 0 Å². The summed E-state index contributed by atoms with van der Waals surface area (Å²) in [6.07, 6.45) is 1.31. The lowest BCUT2D eigenvalue weighted by atomic mass is 9.96. The van der Waals surface area contributed by atoms with E-state index in [0.29, 0.717) is 24.4 Å². The number of para-hydroxylation sites is 1. The van der Waals surface area contributed by atoms with Crippen molar-refractivity contribution in [3.8, 4) is 0 Å². The maximum atomic E-state index is 12.8. The Morgan fingerprint density at radius 1 is 1.20 bits per heavy atom. The van der Waals surface area contributed by atoms with Crippen LogP contribution in [0.4, 0.5) is 10.5 Å². The average molecular weight is 344 g/mol. The minimum Gasteiger partial charge on any atom is -0.309 e. The summed E-state index contributed by atoms with van der Waals surface area (Å²) >= 11 is 0. The fraction of sp³-hybridized carbons (Fsp3) is 0.444. The molecule has 1 aliphatic heterocycles. The number of benzene rings is 1. The standard InChI is InChI=1S/C18H24N4O3/c1-4-14(19-11-8-12-21(2)3)15-16(23)20-18(25)22(17(15)24)13-9-6-5-7-10-13/h5-7,9-10,15H,4,8,11-12H2,1-3H3,(H,20,23,25). The van der Waals surface area contributed by atoms with Gasteiger partial charge in [-0.25, -0.2) is 9.69 Å². The first-order valence-corrected chi connectivity index (χ1v) is 8.37. The third-order valence-corrected chi connectivity index (χ3v) is 3.95. The number of rotatable bonds is 7. The molecule has 1 heterocycles. The van der Waals surface area contributed by atoms with Crippen molar-refractivity contribution in [2.75, 3.05) is 32.1 Å². The Morgan fingerprint density at radius 2 is 1.88 bits per heavy atom. The van der Waals surface area contributed by atoms with E-state index in [1.807, 2.05) is 21.0 Å². The molecule has 1 aliphatic rings. The number of imide groups is 2. The molecule has 0 spiro atoms. The number of amides is 4. The van der Waals surface area contributed by atoms with Gasteiger partial charge in [-0.3, -0.25) is 19.9 Å². The maximum Gasteiger partial charge on any atom is 0.335 e. The maximum absolute atomic E-state index is 12.8. The zero-order valence-electron chi connectivity index (χ0n) is 14.9. The number of hydrogen-bond acceptors (Lipinski definition) is 5. The molecule has 2 rings (SSSR count). The van der Waals surface area contributed by atoms with E-state index in [0.717, 1.165) is 17.9 Å². The van der Waals surface area contributed by atoms with Gasteiger partial charge in [-0.05, 0) is 45.6 Å². The van der Waals surface area contributed by atoms with Gasteiger partial charge in [0.15, 0.2) is 5.92 Å². The van der Waals surface area contributed by atoms with E-state index in [2.05, 4.69) is 15.2 Å². The van der Waals surface area contributed by atoms with Crippen molar-refractivity contribution in [2.45, 2.75) is 19.8 Å². The van der Waals surface area contributed by atoms with Crippen LogP contribution < -0.4 is 10.2 Å². The highest BCUT2D eigenvalue weighted by molar-refractivity contribution is 6.35. The second kappa shape index (κ2) is 8.53. The third kappa shape index (κ3) is 4.51. The Labute approximate surface area is 147 Å². The van der Waals surface area contributed by atoms with E-state index in [1.165, 1.54) is 0 Å². The first-order valence-electron chi connectivity index (χ1n) is 8.37. The van der Waals surface area contributed by atoms with Crippen molar-refractivity contribution in [2.24, 2.45) is 10.9 Å². The highest BCUT2D eigenvalue weighted by Gasteiger charge is 2.43. The molecule has 4 amide bonds. The molecule has 0 saturated carbocycles. The van der Waals surface area contributed by atoms with E-state index >= 15 is 0 Å². The first-order chi connectivity index (χ1) is 12.0. The van der Waals surface area contributed by atoms with Crippen molar-refractivity contribution < 1.29 is 14.4 Å². The van der Waals surface area contributed by atoms with E-state index in [-0.39, 0.29) is 0 Å². The largest absolute Gasteiger partial charge is 0.335 e. The van der Waals surface area contributed by atoms with Crippen LogP contribution in [0.3, 0.4) is 0 Å². The molecule has 0 bridgehead atoms. The molecule has 1 fully saturated rings. The summed E-state index contributed by atoms with van der Waals surface area (Å²) in [6.45, 7) is 3.27. The molecule has 0 radical (unpaired) electrons. The average Bonchev–Trinajstić information content (AvgIpc) is 2.57. The van der Waals surface area contributed by atoms with Crippen LogP contribution in [0.1, 0.15) is 19.8 Å². The number of barbiturate groups is 1. The van der Waals surface area contributed by atoms with Crippen LogP contribution in [0.2, 0.25) is 0 Å². The zero-order valence-corrected chi connectivity index (χ0v) is 14.9. The summed E-state index contributed by atoms with van der Waals surface area (Å²) in [5.74, 6) is -2.20. The minimum atomic E-state index is -1.05. The molecule has 1 N–H and O–H groups in total.